The smallest absolute Gasteiger partial charge is 0.0135 e. The van der Waals surface area contributed by atoms with E-state index >= 15 is 0 Å². The number of rotatable bonds is 2. The highest BCUT2D eigenvalue weighted by atomic mass is 14.3. The van der Waals surface area contributed by atoms with Crippen LogP contribution >= 0.6 is 0 Å². The van der Waals surface area contributed by atoms with E-state index in [-0.39, 0.29) is 5.41 Å². The Kier molecular flexibility index (Phi) is 2.37. The molecule has 0 amide bonds. The highest BCUT2D eigenvalue weighted by molar-refractivity contribution is 5.40. The van der Waals surface area contributed by atoms with Gasteiger partial charge in [0.15, 0.2) is 0 Å². The molecule has 64 valence electrons. The zero-order valence-electron chi connectivity index (χ0n) is 7.93. The molecule has 0 radical (unpaired) electrons. The molecule has 0 aromatic heterocycles. The van der Waals surface area contributed by atoms with Crippen molar-refractivity contribution >= 4 is 0 Å². The molecule has 0 heteroatoms. The van der Waals surface area contributed by atoms with Gasteiger partial charge in [0.25, 0.3) is 0 Å². The van der Waals surface area contributed by atoms with Gasteiger partial charge in [-0.3, -0.25) is 0 Å². The first-order chi connectivity index (χ1) is 5.62. The summed E-state index contributed by atoms with van der Waals surface area (Å²) in [5.74, 6) is 0. The summed E-state index contributed by atoms with van der Waals surface area (Å²) >= 11 is 0. The summed E-state index contributed by atoms with van der Waals surface area (Å²) in [4.78, 5) is 0. The van der Waals surface area contributed by atoms with Gasteiger partial charge in [0.2, 0.25) is 0 Å². The predicted octanol–water partition coefficient (Wildman–Crippen LogP) is 3.64. The third kappa shape index (κ3) is 1.42. The Morgan fingerprint density at radius 3 is 2.67 bits per heavy atom. The van der Waals surface area contributed by atoms with Crippen molar-refractivity contribution in [2.75, 3.05) is 0 Å². The zero-order chi connectivity index (χ0) is 9.19. The van der Waals surface area contributed by atoms with E-state index in [0.717, 1.165) is 6.42 Å². The van der Waals surface area contributed by atoms with E-state index in [4.69, 9.17) is 0 Å². The summed E-state index contributed by atoms with van der Waals surface area (Å²) in [5.41, 5.74) is 2.70. The lowest BCUT2D eigenvalue weighted by atomic mass is 9.75. The quantitative estimate of drug-likeness (QED) is 0.541. The van der Waals surface area contributed by atoms with Crippen LogP contribution in [0.3, 0.4) is 0 Å². The molecule has 0 aliphatic heterocycles. The van der Waals surface area contributed by atoms with Crippen LogP contribution in [0.1, 0.15) is 20.3 Å². The minimum atomic E-state index is 0.0985. The molecule has 0 saturated carbocycles. The first kappa shape index (κ1) is 9.05. The average Bonchev–Trinajstić information content (AvgIpc) is 2.09. The molecule has 1 unspecified atom stereocenters. The molecule has 0 heterocycles. The number of allylic oxidation sites excluding steroid dienone is 6. The van der Waals surface area contributed by atoms with Crippen molar-refractivity contribution in [3.8, 4) is 0 Å². The van der Waals surface area contributed by atoms with Crippen LogP contribution in [0.5, 0.6) is 0 Å². The molecule has 0 aromatic rings. The van der Waals surface area contributed by atoms with E-state index in [1.807, 2.05) is 12.2 Å². The molecule has 0 N–H and O–H groups in total. The van der Waals surface area contributed by atoms with Crippen molar-refractivity contribution in [3.63, 3.8) is 0 Å². The zero-order valence-corrected chi connectivity index (χ0v) is 7.93. The van der Waals surface area contributed by atoms with Gasteiger partial charge >= 0.3 is 0 Å². The summed E-state index contributed by atoms with van der Waals surface area (Å²) in [5, 5.41) is 0. The molecular formula is C12H16. The van der Waals surface area contributed by atoms with Crippen LogP contribution in [0.2, 0.25) is 0 Å². The summed E-state index contributed by atoms with van der Waals surface area (Å²) in [7, 11) is 0. The molecule has 0 saturated heterocycles. The lowest BCUT2D eigenvalue weighted by Gasteiger charge is -2.29. The Morgan fingerprint density at radius 2 is 2.17 bits per heavy atom. The second-order valence-electron chi connectivity index (χ2n) is 3.58. The monoisotopic (exact) mass is 160 g/mol. The van der Waals surface area contributed by atoms with E-state index < -0.39 is 0 Å². The Morgan fingerprint density at radius 1 is 1.50 bits per heavy atom. The van der Waals surface area contributed by atoms with Crippen LogP contribution in [0.4, 0.5) is 0 Å². The molecule has 1 atom stereocenters. The third-order valence-electron chi connectivity index (χ3n) is 2.56. The number of hydrogen-bond acceptors (Lipinski definition) is 0. The average molecular weight is 160 g/mol. The third-order valence-corrected chi connectivity index (χ3v) is 2.56. The van der Waals surface area contributed by atoms with Crippen LogP contribution in [0.15, 0.2) is 48.6 Å². The first-order valence-electron chi connectivity index (χ1n) is 4.27. The highest BCUT2D eigenvalue weighted by Crippen LogP contribution is 2.37. The summed E-state index contributed by atoms with van der Waals surface area (Å²) < 4.78 is 0. The summed E-state index contributed by atoms with van der Waals surface area (Å²) in [6.45, 7) is 12.0. The van der Waals surface area contributed by atoms with Gasteiger partial charge in [-0.2, -0.15) is 0 Å². The highest BCUT2D eigenvalue weighted by Gasteiger charge is 2.24. The van der Waals surface area contributed by atoms with Gasteiger partial charge in [-0.25, -0.2) is 0 Å². The van der Waals surface area contributed by atoms with E-state index in [1.54, 1.807) is 0 Å². The summed E-state index contributed by atoms with van der Waals surface area (Å²) in [6, 6.07) is 0. The second-order valence-corrected chi connectivity index (χ2v) is 3.58. The first-order valence-corrected chi connectivity index (χ1v) is 4.27. The molecule has 0 fully saturated rings. The fraction of sp³-hybridized carbons (Fsp3) is 0.333. The Hall–Kier alpha value is -1.04. The Bertz CT molecular complexity index is 266. The van der Waals surface area contributed by atoms with Crippen molar-refractivity contribution < 1.29 is 0 Å². The fourth-order valence-electron chi connectivity index (χ4n) is 1.45. The van der Waals surface area contributed by atoms with Gasteiger partial charge in [0.1, 0.15) is 0 Å². The maximum Gasteiger partial charge on any atom is 0.0135 e. The maximum absolute atomic E-state index is 3.86. The van der Waals surface area contributed by atoms with Crippen molar-refractivity contribution in [2.24, 2.45) is 5.41 Å². The molecule has 0 aromatic carbocycles. The van der Waals surface area contributed by atoms with Crippen LogP contribution in [0, 0.1) is 5.41 Å². The molecule has 0 bridgehead atoms. The number of hydrogen-bond donors (Lipinski definition) is 0. The normalized spacial score (nSPS) is 28.8. The minimum absolute atomic E-state index is 0.0985. The molecule has 0 nitrogen and oxygen atoms in total. The largest absolute Gasteiger partial charge is 0.102 e. The Balaban J connectivity index is 3.06. The van der Waals surface area contributed by atoms with Crippen molar-refractivity contribution in [1.82, 2.24) is 0 Å². The van der Waals surface area contributed by atoms with Gasteiger partial charge in [0.05, 0.1) is 0 Å². The molecule has 12 heavy (non-hydrogen) atoms. The molecule has 1 rings (SSSR count). The predicted molar refractivity (Wildman–Crippen MR) is 55.0 cm³/mol. The van der Waals surface area contributed by atoms with Gasteiger partial charge in [-0.1, -0.05) is 43.4 Å². The molecule has 1 aliphatic carbocycles. The van der Waals surface area contributed by atoms with Gasteiger partial charge < -0.3 is 0 Å². The SMILES string of the molecule is C=CC1=CC(C)=CCC1(C)C=C. The maximum atomic E-state index is 3.86. The van der Waals surface area contributed by atoms with Crippen LogP contribution in [0.25, 0.3) is 0 Å². The van der Waals surface area contributed by atoms with Crippen molar-refractivity contribution in [2.45, 2.75) is 20.3 Å². The topological polar surface area (TPSA) is 0 Å². The van der Waals surface area contributed by atoms with E-state index in [0.29, 0.717) is 0 Å². The summed E-state index contributed by atoms with van der Waals surface area (Å²) in [6.07, 6.45) is 9.40. The van der Waals surface area contributed by atoms with E-state index in [1.165, 1.54) is 11.1 Å². The fourth-order valence-corrected chi connectivity index (χ4v) is 1.45. The van der Waals surface area contributed by atoms with Gasteiger partial charge in [-0.15, -0.1) is 6.58 Å². The van der Waals surface area contributed by atoms with Gasteiger partial charge in [0, 0.05) is 5.41 Å². The van der Waals surface area contributed by atoms with E-state index in [2.05, 4.69) is 39.2 Å². The molecule has 0 spiro atoms. The van der Waals surface area contributed by atoms with Crippen LogP contribution in [-0.2, 0) is 0 Å². The minimum Gasteiger partial charge on any atom is -0.102 e. The van der Waals surface area contributed by atoms with Gasteiger partial charge in [-0.05, 0) is 18.9 Å². The van der Waals surface area contributed by atoms with Crippen LogP contribution < -0.4 is 0 Å². The lowest BCUT2D eigenvalue weighted by Crippen LogP contribution is -2.16. The molecular weight excluding hydrogens is 144 g/mol. The van der Waals surface area contributed by atoms with Crippen LogP contribution in [-0.4, -0.2) is 0 Å². The van der Waals surface area contributed by atoms with Crippen molar-refractivity contribution in [1.29, 1.82) is 0 Å². The standard InChI is InChI=1S/C12H16/c1-5-11-9-10(3)7-8-12(11,4)6-2/h5-7,9H,1-2,8H2,3-4H3. The molecule has 1 aliphatic rings. The van der Waals surface area contributed by atoms with E-state index in [9.17, 15) is 0 Å². The lowest BCUT2D eigenvalue weighted by molar-refractivity contribution is 0.528. The van der Waals surface area contributed by atoms with Crippen molar-refractivity contribution in [3.05, 3.63) is 48.6 Å². The Labute approximate surface area is 75.0 Å². The second kappa shape index (κ2) is 3.14.